The molecule has 0 aliphatic carbocycles. The van der Waals surface area contributed by atoms with Crippen LogP contribution in [0.2, 0.25) is 0 Å². The molecular weight excluding hydrogens is 238 g/mol. The molecule has 0 aliphatic heterocycles. The van der Waals surface area contributed by atoms with Crippen molar-refractivity contribution in [3.8, 4) is 0 Å². The maximum absolute atomic E-state index is 4.22. The first-order chi connectivity index (χ1) is 7.79. The van der Waals surface area contributed by atoms with Gasteiger partial charge in [-0.1, -0.05) is 0 Å². The van der Waals surface area contributed by atoms with Gasteiger partial charge in [0.25, 0.3) is 0 Å². The lowest BCUT2D eigenvalue weighted by molar-refractivity contribution is 0.581. The fourth-order valence-electron chi connectivity index (χ4n) is 1.69. The molecule has 2 aromatic rings. The van der Waals surface area contributed by atoms with Gasteiger partial charge in [0.1, 0.15) is 0 Å². The number of hydrogen-bond donors (Lipinski definition) is 1. The molecule has 0 amide bonds. The minimum Gasteiger partial charge on any atom is -0.307 e. The summed E-state index contributed by atoms with van der Waals surface area (Å²) in [4.78, 5) is 0. The number of halogens is 1. The van der Waals surface area contributed by atoms with E-state index in [9.17, 15) is 0 Å². The molecule has 0 atom stereocenters. The lowest BCUT2D eigenvalue weighted by Crippen LogP contribution is -2.15. The van der Waals surface area contributed by atoms with Gasteiger partial charge in [-0.05, 0) is 13.0 Å². The Hall–Kier alpha value is -1.33. The van der Waals surface area contributed by atoms with Gasteiger partial charge in [0, 0.05) is 44.6 Å². The Kier molecular flexibility index (Phi) is 5.18. The number of hydrogen-bond acceptors (Lipinski definition) is 3. The van der Waals surface area contributed by atoms with Crippen LogP contribution in [0.5, 0.6) is 0 Å². The average molecular weight is 256 g/mol. The summed E-state index contributed by atoms with van der Waals surface area (Å²) in [6.45, 7) is 4.68. The third-order valence-corrected chi connectivity index (χ3v) is 2.50. The molecule has 0 radical (unpaired) electrons. The van der Waals surface area contributed by atoms with Crippen LogP contribution in [0.1, 0.15) is 18.2 Å². The quantitative estimate of drug-likeness (QED) is 0.877. The Balaban J connectivity index is 0.00000144. The number of nitrogens with one attached hydrogen (secondary N) is 1. The van der Waals surface area contributed by atoms with Gasteiger partial charge in [-0.3, -0.25) is 9.36 Å². The van der Waals surface area contributed by atoms with Crippen molar-refractivity contribution in [3.63, 3.8) is 0 Å². The predicted molar refractivity (Wildman–Crippen MR) is 68.9 cm³/mol. The highest BCUT2D eigenvalue weighted by Crippen LogP contribution is 2.00. The van der Waals surface area contributed by atoms with Gasteiger partial charge < -0.3 is 5.32 Å². The maximum Gasteiger partial charge on any atom is 0.0534 e. The molecule has 1 N–H and O–H groups in total. The van der Waals surface area contributed by atoms with E-state index in [4.69, 9.17) is 0 Å². The Labute approximate surface area is 107 Å². The summed E-state index contributed by atoms with van der Waals surface area (Å²) in [5, 5.41) is 11.7. The summed E-state index contributed by atoms with van der Waals surface area (Å²) in [5.74, 6) is 0. The number of rotatable bonds is 5. The molecular formula is C11H18ClN5. The Bertz CT molecular complexity index is 448. The second-order valence-electron chi connectivity index (χ2n) is 3.76. The summed E-state index contributed by atoms with van der Waals surface area (Å²) in [6, 6.07) is 2.04. The molecule has 0 saturated heterocycles. The van der Waals surface area contributed by atoms with Crippen molar-refractivity contribution in [2.75, 3.05) is 0 Å². The van der Waals surface area contributed by atoms with Gasteiger partial charge in [0.15, 0.2) is 0 Å². The zero-order valence-electron chi connectivity index (χ0n) is 10.1. The van der Waals surface area contributed by atoms with E-state index >= 15 is 0 Å². The zero-order valence-corrected chi connectivity index (χ0v) is 10.9. The predicted octanol–water partition coefficient (Wildman–Crippen LogP) is 1.35. The van der Waals surface area contributed by atoms with Crippen LogP contribution < -0.4 is 5.32 Å². The van der Waals surface area contributed by atoms with Gasteiger partial charge >= 0.3 is 0 Å². The molecule has 0 unspecified atom stereocenters. The van der Waals surface area contributed by atoms with Crippen molar-refractivity contribution in [1.29, 1.82) is 0 Å². The van der Waals surface area contributed by atoms with E-state index in [0.29, 0.717) is 0 Å². The van der Waals surface area contributed by atoms with Crippen molar-refractivity contribution < 1.29 is 0 Å². The summed E-state index contributed by atoms with van der Waals surface area (Å²) < 4.78 is 3.81. The van der Waals surface area contributed by atoms with E-state index in [1.54, 1.807) is 0 Å². The molecule has 0 bridgehead atoms. The molecule has 2 rings (SSSR count). The molecule has 5 nitrogen and oxygen atoms in total. The summed E-state index contributed by atoms with van der Waals surface area (Å²) in [5.41, 5.74) is 2.41. The first-order valence-corrected chi connectivity index (χ1v) is 5.48. The molecule has 6 heteroatoms. The standard InChI is InChI=1S/C11H17N5.ClH/c1-3-16-11(4-5-13-16)8-12-6-10-7-14-15(2)9-10;/h4-5,7,9,12H,3,6,8H2,1-2H3;1H. The Morgan fingerprint density at radius 2 is 2.12 bits per heavy atom. The van der Waals surface area contributed by atoms with Crippen LogP contribution in [0.15, 0.2) is 24.7 Å². The van der Waals surface area contributed by atoms with Crippen LogP contribution in [0, 0.1) is 0 Å². The van der Waals surface area contributed by atoms with Crippen molar-refractivity contribution in [2.24, 2.45) is 7.05 Å². The van der Waals surface area contributed by atoms with Crippen LogP contribution >= 0.6 is 12.4 Å². The highest BCUT2D eigenvalue weighted by molar-refractivity contribution is 5.85. The van der Waals surface area contributed by atoms with E-state index in [2.05, 4.69) is 22.4 Å². The van der Waals surface area contributed by atoms with Crippen molar-refractivity contribution in [1.82, 2.24) is 24.9 Å². The largest absolute Gasteiger partial charge is 0.307 e. The van der Waals surface area contributed by atoms with Crippen LogP contribution in [-0.2, 0) is 26.7 Å². The lowest BCUT2D eigenvalue weighted by Gasteiger charge is -2.05. The molecule has 0 aromatic carbocycles. The van der Waals surface area contributed by atoms with Gasteiger partial charge in [0.05, 0.1) is 11.9 Å². The molecule has 0 aliphatic rings. The molecule has 17 heavy (non-hydrogen) atoms. The number of nitrogens with zero attached hydrogens (tertiary/aromatic N) is 4. The van der Waals surface area contributed by atoms with E-state index in [-0.39, 0.29) is 12.4 Å². The minimum absolute atomic E-state index is 0. The Morgan fingerprint density at radius 1 is 1.29 bits per heavy atom. The zero-order chi connectivity index (χ0) is 11.4. The minimum atomic E-state index is 0. The highest BCUT2D eigenvalue weighted by Gasteiger charge is 2.00. The first-order valence-electron chi connectivity index (χ1n) is 5.48. The molecule has 2 aromatic heterocycles. The second kappa shape index (κ2) is 6.42. The van der Waals surface area contributed by atoms with Crippen LogP contribution in [0.3, 0.4) is 0 Å². The van der Waals surface area contributed by atoms with Gasteiger partial charge in [-0.2, -0.15) is 10.2 Å². The van der Waals surface area contributed by atoms with Crippen molar-refractivity contribution in [2.45, 2.75) is 26.6 Å². The summed E-state index contributed by atoms with van der Waals surface area (Å²) in [7, 11) is 1.93. The average Bonchev–Trinajstić information content (AvgIpc) is 2.87. The van der Waals surface area contributed by atoms with E-state index in [1.165, 1.54) is 11.3 Å². The van der Waals surface area contributed by atoms with E-state index < -0.39 is 0 Å². The monoisotopic (exact) mass is 255 g/mol. The second-order valence-corrected chi connectivity index (χ2v) is 3.76. The number of aryl methyl sites for hydroxylation is 2. The SMILES string of the molecule is CCn1nccc1CNCc1cnn(C)c1.Cl. The third-order valence-electron chi connectivity index (χ3n) is 2.50. The number of aromatic nitrogens is 4. The first kappa shape index (κ1) is 13.7. The van der Waals surface area contributed by atoms with E-state index in [1.807, 2.05) is 41.1 Å². The van der Waals surface area contributed by atoms with Gasteiger partial charge in [-0.15, -0.1) is 12.4 Å². The summed E-state index contributed by atoms with van der Waals surface area (Å²) >= 11 is 0. The summed E-state index contributed by atoms with van der Waals surface area (Å²) in [6.07, 6.45) is 5.73. The maximum atomic E-state index is 4.22. The fraction of sp³-hybridized carbons (Fsp3) is 0.455. The molecule has 2 heterocycles. The molecule has 0 saturated carbocycles. The normalized spacial score (nSPS) is 10.2. The van der Waals surface area contributed by atoms with Crippen LogP contribution in [-0.4, -0.2) is 19.6 Å². The van der Waals surface area contributed by atoms with Crippen LogP contribution in [0.4, 0.5) is 0 Å². The topological polar surface area (TPSA) is 47.7 Å². The smallest absolute Gasteiger partial charge is 0.0534 e. The third kappa shape index (κ3) is 3.57. The van der Waals surface area contributed by atoms with Crippen molar-refractivity contribution >= 4 is 12.4 Å². The van der Waals surface area contributed by atoms with Crippen molar-refractivity contribution in [3.05, 3.63) is 35.9 Å². The Morgan fingerprint density at radius 3 is 2.76 bits per heavy atom. The van der Waals surface area contributed by atoms with Gasteiger partial charge in [0.2, 0.25) is 0 Å². The molecule has 0 fully saturated rings. The molecule has 94 valence electrons. The highest BCUT2D eigenvalue weighted by atomic mass is 35.5. The van der Waals surface area contributed by atoms with E-state index in [0.717, 1.165) is 19.6 Å². The fourth-order valence-corrected chi connectivity index (χ4v) is 1.69. The van der Waals surface area contributed by atoms with Gasteiger partial charge in [-0.25, -0.2) is 0 Å². The van der Waals surface area contributed by atoms with Crippen LogP contribution in [0.25, 0.3) is 0 Å². The lowest BCUT2D eigenvalue weighted by atomic mass is 10.3. The molecule has 0 spiro atoms.